The molecule has 0 radical (unpaired) electrons. The molecule has 0 amide bonds. The van der Waals surface area contributed by atoms with Crippen LogP contribution in [0, 0.1) is 192 Å². The van der Waals surface area contributed by atoms with Gasteiger partial charge in [0, 0.05) is 70.5 Å². The lowest BCUT2D eigenvalue weighted by atomic mass is 10.1. The van der Waals surface area contributed by atoms with E-state index in [4.69, 9.17) is 11.6 Å². The van der Waals surface area contributed by atoms with Crippen LogP contribution in [0.4, 0.5) is 8.78 Å². The molecule has 0 spiro atoms. The molecule has 5 heterocycles. The molecule has 0 aliphatic heterocycles. The zero-order chi connectivity index (χ0) is 77.0. The lowest BCUT2D eigenvalue weighted by Crippen LogP contribution is -1.84. The normalized spacial score (nSPS) is 9.47. The number of benzene rings is 7. The molecule has 12 aromatic rings. The lowest BCUT2D eigenvalue weighted by Gasteiger charge is -1.98. The monoisotopic (exact) mass is 1460 g/mol. The van der Waals surface area contributed by atoms with Crippen molar-refractivity contribution < 1.29 is 8.78 Å². The van der Waals surface area contributed by atoms with E-state index in [1.165, 1.54) is 88.9 Å². The molecule has 0 bridgehead atoms. The van der Waals surface area contributed by atoms with Crippen LogP contribution < -0.4 is 0 Å². The van der Waals surface area contributed by atoms with Crippen molar-refractivity contribution in [3.8, 4) is 0 Å². The van der Waals surface area contributed by atoms with Gasteiger partial charge in [0.25, 0.3) is 0 Å². The summed E-state index contributed by atoms with van der Waals surface area (Å²) in [6, 6.07) is 52.5. The minimum atomic E-state index is -0.116. The number of aromatic nitrogens is 8. The van der Waals surface area contributed by atoms with Gasteiger partial charge >= 0.3 is 0 Å². The quantitative estimate of drug-likeness (QED) is 0.148. The van der Waals surface area contributed by atoms with Gasteiger partial charge < -0.3 is 0 Å². The first-order chi connectivity index (χ1) is 47.9. The molecule has 0 aliphatic carbocycles. The molecule has 0 atom stereocenters. The summed E-state index contributed by atoms with van der Waals surface area (Å²) < 4.78 is 26.4. The molecule has 8 nitrogen and oxygen atoms in total. The zero-order valence-electron chi connectivity index (χ0n) is 65.7. The molecule has 0 saturated heterocycles. The Morgan fingerprint density at radius 3 is 0.696 bits per heavy atom. The summed E-state index contributed by atoms with van der Waals surface area (Å²) in [5.41, 5.74) is 27.9. The Morgan fingerprint density at radius 1 is 0.216 bits per heavy atom. The number of halogens is 4. The Kier molecular flexibility index (Phi) is 44.6. The van der Waals surface area contributed by atoms with Crippen LogP contribution in [0.3, 0.4) is 0 Å². The average Bonchev–Trinajstić information content (AvgIpc) is 0.977. The summed E-state index contributed by atoms with van der Waals surface area (Å²) in [6.07, 6.45) is 14.5. The SMILES string of the molecule is Cc1ccc(C)c(Br)c1.Cc1ccc(C)c(C)c1.Cc1ccc(C)c(C)c1.Cc1ccc(C)c(Cl)c1.Cc1ccc(C)c(F)c1.Cc1ccc(C)c(F)c1.Cc1ccc(C)cc1.Cc1ccc(C)nc1.Cc1ccc(C)nc1.Cc1cnc(C)cn1.Cc1cnc(C)nc1.Cc1cnc(C)nc1. The molecule has 0 fully saturated rings. The fourth-order valence-corrected chi connectivity index (χ4v) is 8.39. The smallest absolute Gasteiger partial charge is 0.126 e. The Hall–Kier alpha value is -9.29. The summed E-state index contributed by atoms with van der Waals surface area (Å²) in [7, 11) is 0. The van der Waals surface area contributed by atoms with Gasteiger partial charge in [-0.1, -0.05) is 171 Å². The van der Waals surface area contributed by atoms with Gasteiger partial charge in [-0.15, -0.1) is 0 Å². The summed E-state index contributed by atoms with van der Waals surface area (Å²) in [5, 5.41) is 0.856. The van der Waals surface area contributed by atoms with Crippen molar-refractivity contribution in [1.82, 2.24) is 39.9 Å². The molecule has 102 heavy (non-hydrogen) atoms. The van der Waals surface area contributed by atoms with E-state index in [2.05, 4.69) is 222 Å². The van der Waals surface area contributed by atoms with Crippen LogP contribution >= 0.6 is 27.5 Å². The third kappa shape index (κ3) is 44.1. The highest BCUT2D eigenvalue weighted by Crippen LogP contribution is 2.18. The Bertz CT molecular complexity index is 3450. The summed E-state index contributed by atoms with van der Waals surface area (Å²) >= 11 is 9.26. The van der Waals surface area contributed by atoms with Gasteiger partial charge in [-0.25, -0.2) is 28.7 Å². The van der Waals surface area contributed by atoms with Crippen molar-refractivity contribution >= 4 is 27.5 Å². The van der Waals surface area contributed by atoms with Gasteiger partial charge in [0.2, 0.25) is 0 Å². The molecule has 540 valence electrons. The van der Waals surface area contributed by atoms with E-state index >= 15 is 0 Å². The standard InChI is InChI=1S/2C9H12.C8H9Br.C8H9Cl.2C8H9F.C8H10.2C7H9N.3C6H8N2/c2*1-7-4-5-8(2)9(3)6-7;4*1-6-3-4-7(2)8(9)5-6;1-7-3-5-8(2)6-4-7;2*1-6-3-4-7(2)8-5-6;1-5-3-8-6(2)4-7-5;2*1-5-3-7-6(2)8-4-5/h2*4-6H,1-3H3;4*3-5H,1-2H3;3-6H,1-2H3;2*3-5H,1-2H3;3*3-4H,1-2H3. The molecule has 0 N–H and O–H groups in total. The van der Waals surface area contributed by atoms with E-state index in [0.29, 0.717) is 11.1 Å². The Balaban J connectivity index is 0.000000557. The predicted molar refractivity (Wildman–Crippen MR) is 435 cm³/mol. The largest absolute Gasteiger partial charge is 0.261 e. The van der Waals surface area contributed by atoms with Crippen molar-refractivity contribution in [2.45, 2.75) is 180 Å². The third-order valence-electron chi connectivity index (χ3n) is 14.7. The van der Waals surface area contributed by atoms with Crippen LogP contribution in [-0.4, -0.2) is 39.9 Å². The first-order valence-electron chi connectivity index (χ1n) is 34.0. The number of hydrogen-bond donors (Lipinski definition) is 0. The first kappa shape index (κ1) is 90.7. The predicted octanol–water partition coefficient (Wildman–Crippen LogP) is 25.1. The van der Waals surface area contributed by atoms with Crippen molar-refractivity contribution in [3.05, 3.63) is 374 Å². The first-order valence-corrected chi connectivity index (χ1v) is 35.2. The molecular weight excluding hydrogens is 1350 g/mol. The molecule has 12 rings (SSSR count). The second-order valence-corrected chi connectivity index (χ2v) is 27.0. The number of rotatable bonds is 0. The van der Waals surface area contributed by atoms with Crippen LogP contribution in [0.5, 0.6) is 0 Å². The summed E-state index contributed by atoms with van der Waals surface area (Å²) in [4.78, 5) is 32.1. The van der Waals surface area contributed by atoms with E-state index in [1.54, 1.807) is 38.4 Å². The molecule has 7 aromatic carbocycles. The Morgan fingerprint density at radius 2 is 0.471 bits per heavy atom. The maximum Gasteiger partial charge on any atom is 0.126 e. The van der Waals surface area contributed by atoms with Gasteiger partial charge in [-0.05, 0) is 305 Å². The molecule has 0 unspecified atom stereocenters. The van der Waals surface area contributed by atoms with Crippen molar-refractivity contribution in [2.75, 3.05) is 0 Å². The van der Waals surface area contributed by atoms with Crippen molar-refractivity contribution in [3.63, 3.8) is 0 Å². The fourth-order valence-electron chi connectivity index (χ4n) is 7.67. The van der Waals surface area contributed by atoms with E-state index < -0.39 is 0 Å². The lowest BCUT2D eigenvalue weighted by molar-refractivity contribution is 0.617. The van der Waals surface area contributed by atoms with E-state index in [-0.39, 0.29) is 11.6 Å². The van der Waals surface area contributed by atoms with Gasteiger partial charge in [0.05, 0.1) is 11.4 Å². The fraction of sp³-hybridized carbons (Fsp3) is 0.289. The van der Waals surface area contributed by atoms with Crippen LogP contribution in [0.2, 0.25) is 5.02 Å². The number of aryl methyl sites for hydroxylation is 26. The second kappa shape index (κ2) is 50.1. The molecule has 12 heteroatoms. The van der Waals surface area contributed by atoms with E-state index in [9.17, 15) is 8.78 Å². The van der Waals surface area contributed by atoms with Gasteiger partial charge in [-0.3, -0.25) is 19.9 Å². The number of hydrogen-bond acceptors (Lipinski definition) is 8. The molecule has 5 aromatic heterocycles. The highest BCUT2D eigenvalue weighted by atomic mass is 79.9. The van der Waals surface area contributed by atoms with Gasteiger partial charge in [0.1, 0.15) is 23.3 Å². The number of nitrogens with zero attached hydrogens (tertiary/aromatic N) is 8. The average molecular weight is 1460 g/mol. The summed E-state index contributed by atoms with van der Waals surface area (Å²) in [5.74, 6) is 1.43. The van der Waals surface area contributed by atoms with Crippen molar-refractivity contribution in [1.29, 1.82) is 0 Å². The van der Waals surface area contributed by atoms with Crippen LogP contribution in [0.25, 0.3) is 0 Å². The van der Waals surface area contributed by atoms with E-state index in [0.717, 1.165) is 67.3 Å². The zero-order valence-corrected chi connectivity index (χ0v) is 68.1. The van der Waals surface area contributed by atoms with Gasteiger partial charge in [-0.2, -0.15) is 0 Å². The molecular formula is C90H112BrClF2N8. The summed E-state index contributed by atoms with van der Waals surface area (Å²) in [6.45, 7) is 52.0. The van der Waals surface area contributed by atoms with E-state index in [1.807, 2.05) is 171 Å². The maximum absolute atomic E-state index is 12.6. The highest BCUT2D eigenvalue weighted by molar-refractivity contribution is 9.10. The highest BCUT2D eigenvalue weighted by Gasteiger charge is 1.97. The topological polar surface area (TPSA) is 103 Å². The van der Waals surface area contributed by atoms with Crippen LogP contribution in [0.1, 0.15) is 146 Å². The van der Waals surface area contributed by atoms with Crippen LogP contribution in [0.15, 0.2) is 212 Å². The Labute approximate surface area is 626 Å². The molecule has 0 saturated carbocycles. The van der Waals surface area contributed by atoms with Crippen molar-refractivity contribution in [2.24, 2.45) is 0 Å². The minimum absolute atomic E-state index is 0.116. The van der Waals surface area contributed by atoms with Gasteiger partial charge in [0.15, 0.2) is 0 Å². The number of pyridine rings is 2. The minimum Gasteiger partial charge on any atom is -0.261 e. The third-order valence-corrected chi connectivity index (χ3v) is 16.0. The van der Waals surface area contributed by atoms with Crippen LogP contribution in [-0.2, 0) is 0 Å². The molecule has 0 aliphatic rings. The second-order valence-electron chi connectivity index (χ2n) is 25.7. The maximum atomic E-state index is 12.6.